The number of aliphatic hydroxyl groups is 4. The number of ether oxygens (including phenoxy) is 5. The number of carbonyl (C=O) groups is 3. The van der Waals surface area contributed by atoms with Crippen LogP contribution in [0.2, 0.25) is 0 Å². The molecule has 0 aromatic carbocycles. The molecule has 0 aromatic heterocycles. The summed E-state index contributed by atoms with van der Waals surface area (Å²) in [5.74, 6) is 4.24. The normalized spacial score (nSPS) is 31.6. The van der Waals surface area contributed by atoms with Gasteiger partial charge >= 0.3 is 6.09 Å². The van der Waals surface area contributed by atoms with Crippen LogP contribution in [0.4, 0.5) is 4.79 Å². The van der Waals surface area contributed by atoms with Crippen molar-refractivity contribution in [3.63, 3.8) is 0 Å². The van der Waals surface area contributed by atoms with E-state index in [-0.39, 0.29) is 37.2 Å². The molecule has 0 spiro atoms. The van der Waals surface area contributed by atoms with Gasteiger partial charge < -0.3 is 60.1 Å². The van der Waals surface area contributed by atoms with Crippen LogP contribution in [0.5, 0.6) is 0 Å². The Morgan fingerprint density at radius 3 is 1.96 bits per heavy atom. The second kappa shape index (κ2) is 35.4. The van der Waals surface area contributed by atoms with Crippen molar-refractivity contribution >= 4 is 17.9 Å². The lowest BCUT2D eigenvalue weighted by atomic mass is 9.44. The van der Waals surface area contributed by atoms with Crippen LogP contribution in [-0.4, -0.2) is 134 Å². The van der Waals surface area contributed by atoms with Gasteiger partial charge in [0.15, 0.2) is 6.29 Å². The maximum absolute atomic E-state index is 13.0. The number of aliphatic hydroxyl groups excluding tert-OH is 4. The van der Waals surface area contributed by atoms with E-state index < -0.39 is 37.3 Å². The fourth-order valence-corrected chi connectivity index (χ4v) is 14.6. The monoisotopic (exact) mass is 1080 g/mol. The summed E-state index contributed by atoms with van der Waals surface area (Å²) in [5, 5.41) is 48.1. The number of alkyl carbamates (subject to hydrolysis) is 1. The predicted octanol–water partition coefficient (Wildman–Crippen LogP) is 9.84. The average Bonchev–Trinajstić information content (AvgIpc) is 3.77. The highest BCUT2D eigenvalue weighted by Crippen LogP contribution is 2.68. The van der Waals surface area contributed by atoms with Crippen LogP contribution < -0.4 is 16.0 Å². The van der Waals surface area contributed by atoms with Gasteiger partial charge in [-0.3, -0.25) is 9.59 Å². The van der Waals surface area contributed by atoms with E-state index in [2.05, 4.69) is 55.8 Å². The average molecular weight is 1080 g/mol. The Morgan fingerprint density at radius 2 is 1.24 bits per heavy atom. The summed E-state index contributed by atoms with van der Waals surface area (Å²) in [5.41, 5.74) is 0.681. The van der Waals surface area contributed by atoms with E-state index in [0.29, 0.717) is 80.9 Å². The minimum Gasteiger partial charge on any atom is -0.446 e. The molecule has 14 atom stereocenters. The predicted molar refractivity (Wildman–Crippen MR) is 297 cm³/mol. The van der Waals surface area contributed by atoms with E-state index in [9.17, 15) is 34.8 Å². The van der Waals surface area contributed by atoms with E-state index in [1.165, 1.54) is 128 Å². The fraction of sp³-hybridized carbons (Fsp3) is 0.918. The number of hydrogen-bond donors (Lipinski definition) is 7. The third-order valence-electron chi connectivity index (χ3n) is 19.1. The number of hydrogen-bond acceptors (Lipinski definition) is 12. The summed E-state index contributed by atoms with van der Waals surface area (Å²) in [6.07, 6.45) is 31.3. The molecule has 0 radical (unpaired) electrons. The molecule has 15 nitrogen and oxygen atoms in total. The molecular weight excluding hydrogens is 967 g/mol. The molecule has 1 heterocycles. The molecule has 5 rings (SSSR count). The van der Waals surface area contributed by atoms with Gasteiger partial charge in [0.05, 0.1) is 39.6 Å². The van der Waals surface area contributed by atoms with Crippen LogP contribution in [0.25, 0.3) is 0 Å². The lowest BCUT2D eigenvalue weighted by Crippen LogP contribution is -2.59. The van der Waals surface area contributed by atoms with Crippen LogP contribution in [0.15, 0.2) is 12.2 Å². The summed E-state index contributed by atoms with van der Waals surface area (Å²) in [6.45, 7) is 12.3. The van der Waals surface area contributed by atoms with Crippen molar-refractivity contribution in [1.29, 1.82) is 0 Å². The van der Waals surface area contributed by atoms with E-state index in [0.717, 1.165) is 62.7 Å². The smallest absolute Gasteiger partial charge is 0.407 e. The zero-order valence-corrected chi connectivity index (χ0v) is 48.0. The number of fused-ring (bicyclic) bond motifs is 5. The largest absolute Gasteiger partial charge is 0.446 e. The summed E-state index contributed by atoms with van der Waals surface area (Å²) in [7, 11) is 0. The highest BCUT2D eigenvalue weighted by atomic mass is 16.7. The van der Waals surface area contributed by atoms with Crippen LogP contribution in [-0.2, 0) is 33.3 Å². The molecule has 3 amide bonds. The Morgan fingerprint density at radius 1 is 0.632 bits per heavy atom. The van der Waals surface area contributed by atoms with Crippen molar-refractivity contribution in [3.05, 3.63) is 12.2 Å². The van der Waals surface area contributed by atoms with Crippen LogP contribution in [0, 0.1) is 46.3 Å². The van der Waals surface area contributed by atoms with Gasteiger partial charge in [-0.25, -0.2) is 4.79 Å². The zero-order chi connectivity index (χ0) is 54.6. The van der Waals surface area contributed by atoms with Gasteiger partial charge in [0.1, 0.15) is 30.5 Å². The van der Waals surface area contributed by atoms with E-state index >= 15 is 0 Å². The highest BCUT2D eigenvalue weighted by Gasteiger charge is 2.61. The number of allylic oxidation sites excluding steroid dienone is 2. The minimum atomic E-state index is -1.49. The first-order valence-electron chi connectivity index (χ1n) is 31.0. The van der Waals surface area contributed by atoms with E-state index in [4.69, 9.17) is 23.7 Å². The van der Waals surface area contributed by atoms with Crippen molar-refractivity contribution in [2.75, 3.05) is 59.3 Å². The lowest BCUT2D eigenvalue weighted by molar-refractivity contribution is -0.302. The quantitative estimate of drug-likeness (QED) is 0.0227. The van der Waals surface area contributed by atoms with Crippen molar-refractivity contribution in [3.8, 4) is 0 Å². The second-order valence-corrected chi connectivity index (χ2v) is 24.4. The summed E-state index contributed by atoms with van der Waals surface area (Å²) >= 11 is 0. The highest BCUT2D eigenvalue weighted by molar-refractivity contribution is 5.76. The molecule has 4 aliphatic carbocycles. The number of carbonyl (C=O) groups excluding carboxylic acids is 3. The van der Waals surface area contributed by atoms with Gasteiger partial charge in [0, 0.05) is 32.5 Å². The number of rotatable bonds is 38. The van der Waals surface area contributed by atoms with Gasteiger partial charge in [-0.05, 0) is 155 Å². The summed E-state index contributed by atoms with van der Waals surface area (Å²) < 4.78 is 27.7. The molecule has 5 fully saturated rings. The molecule has 1 aliphatic heterocycles. The van der Waals surface area contributed by atoms with E-state index in [1.807, 2.05) is 0 Å². The first kappa shape index (κ1) is 64.5. The molecule has 440 valence electrons. The number of amides is 3. The Bertz CT molecular complexity index is 1650. The van der Waals surface area contributed by atoms with Gasteiger partial charge in [-0.2, -0.15) is 0 Å². The fourth-order valence-electron chi connectivity index (χ4n) is 14.6. The summed E-state index contributed by atoms with van der Waals surface area (Å²) in [4.78, 5) is 38.2. The molecule has 76 heavy (non-hydrogen) atoms. The third kappa shape index (κ3) is 20.6. The Labute approximate surface area is 459 Å². The van der Waals surface area contributed by atoms with Crippen molar-refractivity contribution < 1.29 is 58.5 Å². The van der Waals surface area contributed by atoms with Crippen molar-refractivity contribution in [1.82, 2.24) is 16.0 Å². The maximum atomic E-state index is 13.0. The van der Waals surface area contributed by atoms with E-state index in [1.54, 1.807) is 0 Å². The molecule has 15 heteroatoms. The van der Waals surface area contributed by atoms with Gasteiger partial charge in [0.2, 0.25) is 11.8 Å². The molecule has 9 unspecified atom stereocenters. The molecule has 0 bridgehead atoms. The minimum absolute atomic E-state index is 0.0224. The zero-order valence-electron chi connectivity index (χ0n) is 48.0. The van der Waals surface area contributed by atoms with Crippen molar-refractivity contribution in [2.24, 2.45) is 46.3 Å². The number of nitrogens with one attached hydrogen (secondary N) is 3. The van der Waals surface area contributed by atoms with Gasteiger partial charge in [0.25, 0.3) is 0 Å². The van der Waals surface area contributed by atoms with Crippen LogP contribution in [0.3, 0.4) is 0 Å². The molecular formula is C61H109N3O12. The van der Waals surface area contributed by atoms with Crippen molar-refractivity contribution in [2.45, 2.75) is 251 Å². The first-order chi connectivity index (χ1) is 36.8. The number of unbranched alkanes of at least 4 members (excludes halogenated alkanes) is 14. The first-order valence-corrected chi connectivity index (χ1v) is 31.0. The third-order valence-corrected chi connectivity index (χ3v) is 19.1. The second-order valence-electron chi connectivity index (χ2n) is 24.4. The van der Waals surface area contributed by atoms with Crippen LogP contribution >= 0.6 is 0 Å². The molecule has 1 saturated heterocycles. The van der Waals surface area contributed by atoms with Crippen LogP contribution in [0.1, 0.15) is 214 Å². The molecule has 0 aromatic rings. The summed E-state index contributed by atoms with van der Waals surface area (Å²) in [6, 6.07) is 0. The Hall–Kier alpha value is -2.37. The van der Waals surface area contributed by atoms with Gasteiger partial charge in [-0.1, -0.05) is 104 Å². The topological polar surface area (TPSA) is 214 Å². The Balaban J connectivity index is 0.836. The Kier molecular flexibility index (Phi) is 30.0. The molecule has 5 aliphatic rings. The molecule has 4 saturated carbocycles. The van der Waals surface area contributed by atoms with Gasteiger partial charge in [-0.15, -0.1) is 0 Å². The molecule has 7 N–H and O–H groups in total. The standard InChI is InChI=1S/C61H109N3O12/c1-5-6-7-8-9-10-11-12-13-14-15-16-17-18-19-22-36-64-59(71)75-47-31-33-60(3)46(43-47)26-27-48-50-29-28-49(61(50,4)34-32-51(48)60)45(2)25-30-54(67)62-35-23-20-21-24-53(66)63-37-38-72-39-40-73-41-42-74-58-57(70)56(69)55(68)52(44-65)76-58/h12-13,45-52,55-58,65,68-70H,5-11,14-44H2,1-4H3,(H,62,67)(H,63,66)(H,64,71)/b13-12-/t45?,46?,47-,48?,49?,50?,51?,52?,55-,56?,57?,58+,60+,61-/m1/s1. The lowest BCUT2D eigenvalue weighted by Gasteiger charge is -2.61. The SMILES string of the molecule is CCCCCCCC/C=C\CCCCCCCCNC(=O)O[C@@H]1CC[C@@]2(C)C(CCC3C4CCC(C(C)CCC(=O)NCCCCCC(=O)NCCOCCOCCO[C@H]5OC(CO)[C@@H](O)C(O)C5O)[C@@]4(C)CCC32)C1. The maximum Gasteiger partial charge on any atom is 0.407 e.